The molecule has 0 bridgehead atoms. The molecule has 7 heteroatoms. The number of halogens is 2. The topological polar surface area (TPSA) is 56.3 Å². The van der Waals surface area contributed by atoms with Gasteiger partial charge in [-0.15, -0.1) is 0 Å². The van der Waals surface area contributed by atoms with Crippen molar-refractivity contribution in [2.75, 3.05) is 14.1 Å². The lowest BCUT2D eigenvalue weighted by atomic mass is 10.2. The van der Waals surface area contributed by atoms with Crippen LogP contribution >= 0.6 is 11.6 Å². The first-order valence-electron chi connectivity index (χ1n) is 6.86. The molecule has 2 aromatic rings. The number of aliphatic imine (C=N–C) groups is 1. The minimum atomic E-state index is -0.319. The Kier molecular flexibility index (Phi) is 5.38. The van der Waals surface area contributed by atoms with E-state index in [1.54, 1.807) is 25.4 Å². The molecule has 0 aliphatic rings. The largest absolute Gasteiger partial charge is 0.352 e. The van der Waals surface area contributed by atoms with Crippen LogP contribution in [-0.2, 0) is 13.1 Å². The molecule has 22 heavy (non-hydrogen) atoms. The fraction of sp³-hybridized carbons (Fsp3) is 0.333. The summed E-state index contributed by atoms with van der Waals surface area (Å²) in [5, 5.41) is 10.5. The molecular weight excluding hydrogens is 305 g/mol. The van der Waals surface area contributed by atoms with Gasteiger partial charge in [-0.25, -0.2) is 4.39 Å². The monoisotopic (exact) mass is 323 g/mol. The van der Waals surface area contributed by atoms with Crippen LogP contribution in [0.25, 0.3) is 0 Å². The molecule has 2 rings (SSSR count). The molecule has 0 aliphatic carbocycles. The van der Waals surface area contributed by atoms with Gasteiger partial charge in [0.2, 0.25) is 0 Å². The molecule has 0 fully saturated rings. The molecule has 0 unspecified atom stereocenters. The van der Waals surface area contributed by atoms with Gasteiger partial charge in [0, 0.05) is 49.0 Å². The molecule has 0 spiro atoms. The fourth-order valence-corrected chi connectivity index (χ4v) is 2.33. The van der Waals surface area contributed by atoms with Crippen molar-refractivity contribution in [2.45, 2.75) is 20.0 Å². The second-order valence-corrected chi connectivity index (χ2v) is 5.38. The van der Waals surface area contributed by atoms with E-state index in [-0.39, 0.29) is 5.82 Å². The van der Waals surface area contributed by atoms with E-state index in [1.807, 2.05) is 18.9 Å². The van der Waals surface area contributed by atoms with Crippen LogP contribution in [-0.4, -0.2) is 35.2 Å². The van der Waals surface area contributed by atoms with Crippen LogP contribution in [0.1, 0.15) is 16.8 Å². The predicted molar refractivity (Wildman–Crippen MR) is 86.4 cm³/mol. The number of H-pyrrole nitrogens is 1. The van der Waals surface area contributed by atoms with E-state index in [0.717, 1.165) is 11.3 Å². The van der Waals surface area contributed by atoms with Gasteiger partial charge in [0.05, 0.1) is 6.20 Å². The van der Waals surface area contributed by atoms with E-state index in [2.05, 4.69) is 20.5 Å². The summed E-state index contributed by atoms with van der Waals surface area (Å²) in [7, 11) is 3.52. The van der Waals surface area contributed by atoms with Gasteiger partial charge in [0.25, 0.3) is 0 Å². The zero-order valence-corrected chi connectivity index (χ0v) is 13.6. The molecule has 5 nitrogen and oxygen atoms in total. The van der Waals surface area contributed by atoms with Gasteiger partial charge < -0.3 is 10.2 Å². The third kappa shape index (κ3) is 3.76. The molecule has 1 aromatic heterocycles. The van der Waals surface area contributed by atoms with Gasteiger partial charge in [-0.2, -0.15) is 5.10 Å². The third-order valence-corrected chi connectivity index (χ3v) is 3.76. The van der Waals surface area contributed by atoms with Crippen LogP contribution in [0.5, 0.6) is 0 Å². The van der Waals surface area contributed by atoms with Crippen molar-refractivity contribution in [3.8, 4) is 0 Å². The summed E-state index contributed by atoms with van der Waals surface area (Å²) in [6, 6.07) is 4.68. The molecule has 118 valence electrons. The Morgan fingerprint density at radius 3 is 2.86 bits per heavy atom. The van der Waals surface area contributed by atoms with Crippen LogP contribution in [0.15, 0.2) is 29.4 Å². The number of hydrogen-bond acceptors (Lipinski definition) is 2. The van der Waals surface area contributed by atoms with E-state index in [0.29, 0.717) is 29.6 Å². The quantitative estimate of drug-likeness (QED) is 0.672. The lowest BCUT2D eigenvalue weighted by Gasteiger charge is -2.22. The van der Waals surface area contributed by atoms with Crippen molar-refractivity contribution in [1.82, 2.24) is 20.4 Å². The smallest absolute Gasteiger partial charge is 0.193 e. The first-order chi connectivity index (χ1) is 10.5. The molecule has 1 heterocycles. The summed E-state index contributed by atoms with van der Waals surface area (Å²) in [6.45, 7) is 2.87. The summed E-state index contributed by atoms with van der Waals surface area (Å²) in [6.07, 6.45) is 1.77. The summed E-state index contributed by atoms with van der Waals surface area (Å²) in [5.41, 5.74) is 2.51. The Bertz CT molecular complexity index is 647. The lowest BCUT2D eigenvalue weighted by molar-refractivity contribution is 0.460. The summed E-state index contributed by atoms with van der Waals surface area (Å²) < 4.78 is 13.9. The highest BCUT2D eigenvalue weighted by molar-refractivity contribution is 6.31. The average molecular weight is 324 g/mol. The average Bonchev–Trinajstić information content (AvgIpc) is 2.89. The van der Waals surface area contributed by atoms with Crippen LogP contribution in [0.2, 0.25) is 5.02 Å². The van der Waals surface area contributed by atoms with Crippen LogP contribution in [0, 0.1) is 12.7 Å². The van der Waals surface area contributed by atoms with E-state index < -0.39 is 0 Å². The zero-order valence-electron chi connectivity index (χ0n) is 12.8. The third-order valence-electron chi connectivity index (χ3n) is 3.40. The molecule has 1 aromatic carbocycles. The van der Waals surface area contributed by atoms with Crippen LogP contribution < -0.4 is 5.32 Å². The zero-order chi connectivity index (χ0) is 16.1. The standard InChI is InChI=1S/C15H19ClFN5/c1-10-11(8-20-21-10)7-19-15(18-2)22(3)9-12-13(16)5-4-6-14(12)17/h4-6,8H,7,9H2,1-3H3,(H,18,19)(H,20,21). The summed E-state index contributed by atoms with van der Waals surface area (Å²) in [5.74, 6) is 0.334. The highest BCUT2D eigenvalue weighted by Crippen LogP contribution is 2.20. The summed E-state index contributed by atoms with van der Waals surface area (Å²) in [4.78, 5) is 6.03. The molecule has 0 saturated heterocycles. The summed E-state index contributed by atoms with van der Waals surface area (Å²) >= 11 is 6.06. The highest BCUT2D eigenvalue weighted by atomic mass is 35.5. The van der Waals surface area contributed by atoms with E-state index >= 15 is 0 Å². The maximum absolute atomic E-state index is 13.9. The Balaban J connectivity index is 2.03. The number of hydrogen-bond donors (Lipinski definition) is 2. The molecule has 0 amide bonds. The first kappa shape index (κ1) is 16.3. The maximum Gasteiger partial charge on any atom is 0.193 e. The highest BCUT2D eigenvalue weighted by Gasteiger charge is 2.13. The second-order valence-electron chi connectivity index (χ2n) is 4.98. The Hall–Kier alpha value is -2.08. The van der Waals surface area contributed by atoms with Crippen LogP contribution in [0.4, 0.5) is 4.39 Å². The van der Waals surface area contributed by atoms with Gasteiger partial charge in [-0.1, -0.05) is 17.7 Å². The van der Waals surface area contributed by atoms with E-state index in [1.165, 1.54) is 6.07 Å². The van der Waals surface area contributed by atoms with Gasteiger partial charge in [-0.05, 0) is 19.1 Å². The normalized spacial score (nSPS) is 11.6. The minimum Gasteiger partial charge on any atom is -0.352 e. The lowest BCUT2D eigenvalue weighted by Crippen LogP contribution is -2.38. The van der Waals surface area contributed by atoms with Gasteiger partial charge in [0.15, 0.2) is 5.96 Å². The number of rotatable bonds is 4. The van der Waals surface area contributed by atoms with Gasteiger partial charge >= 0.3 is 0 Å². The molecule has 2 N–H and O–H groups in total. The minimum absolute atomic E-state index is 0.319. The molecule has 0 saturated carbocycles. The molecule has 0 radical (unpaired) electrons. The number of nitrogens with one attached hydrogen (secondary N) is 2. The SMILES string of the molecule is CN=C(NCc1cn[nH]c1C)N(C)Cc1c(F)cccc1Cl. The number of guanidine groups is 1. The number of aromatic amines is 1. The van der Waals surface area contributed by atoms with E-state index in [4.69, 9.17) is 11.6 Å². The number of benzene rings is 1. The maximum atomic E-state index is 13.9. The number of aryl methyl sites for hydroxylation is 1. The van der Waals surface area contributed by atoms with Crippen molar-refractivity contribution in [3.05, 3.63) is 52.1 Å². The second kappa shape index (κ2) is 7.26. The van der Waals surface area contributed by atoms with E-state index in [9.17, 15) is 4.39 Å². The van der Waals surface area contributed by atoms with Crippen molar-refractivity contribution < 1.29 is 4.39 Å². The van der Waals surface area contributed by atoms with Gasteiger partial charge in [-0.3, -0.25) is 10.1 Å². The molecule has 0 aliphatic heterocycles. The molecule has 0 atom stereocenters. The van der Waals surface area contributed by atoms with Crippen molar-refractivity contribution in [2.24, 2.45) is 4.99 Å². The first-order valence-corrected chi connectivity index (χ1v) is 7.24. The van der Waals surface area contributed by atoms with Crippen LogP contribution in [0.3, 0.4) is 0 Å². The van der Waals surface area contributed by atoms with Crippen molar-refractivity contribution in [3.63, 3.8) is 0 Å². The number of aromatic nitrogens is 2. The Morgan fingerprint density at radius 2 is 2.27 bits per heavy atom. The Morgan fingerprint density at radius 1 is 1.50 bits per heavy atom. The fourth-order valence-electron chi connectivity index (χ4n) is 2.11. The predicted octanol–water partition coefficient (Wildman–Crippen LogP) is 2.72. The van der Waals surface area contributed by atoms with Crippen molar-refractivity contribution in [1.29, 1.82) is 0 Å². The Labute approximate surface area is 134 Å². The number of nitrogens with zero attached hydrogens (tertiary/aromatic N) is 3. The van der Waals surface area contributed by atoms with Crippen molar-refractivity contribution >= 4 is 17.6 Å². The van der Waals surface area contributed by atoms with Gasteiger partial charge in [0.1, 0.15) is 5.82 Å². The molecular formula is C15H19ClFN5.